The van der Waals surface area contributed by atoms with Crippen LogP contribution in [0, 0.1) is 6.92 Å². The van der Waals surface area contributed by atoms with Crippen LogP contribution in [0.2, 0.25) is 0 Å². The quantitative estimate of drug-likeness (QED) is 0.195. The average molecular weight is 534 g/mol. The van der Waals surface area contributed by atoms with Gasteiger partial charge in [0.15, 0.2) is 0 Å². The molecule has 196 valence electrons. The second-order valence-electron chi connectivity index (χ2n) is 11.4. The predicted octanol–water partition coefficient (Wildman–Crippen LogP) is 11.4. The zero-order valence-electron chi connectivity index (χ0n) is 23.3. The van der Waals surface area contributed by atoms with Crippen LogP contribution in [-0.4, -0.2) is 4.57 Å². The summed E-state index contributed by atoms with van der Waals surface area (Å²) < 4.78 is 2.53. The van der Waals surface area contributed by atoms with Crippen molar-refractivity contribution < 1.29 is 0 Å². The number of aromatic nitrogens is 1. The van der Waals surface area contributed by atoms with E-state index in [1.807, 2.05) is 0 Å². The van der Waals surface area contributed by atoms with Gasteiger partial charge in [0.25, 0.3) is 0 Å². The van der Waals surface area contributed by atoms with Gasteiger partial charge in [-0.1, -0.05) is 139 Å². The van der Waals surface area contributed by atoms with E-state index in [2.05, 4.69) is 157 Å². The van der Waals surface area contributed by atoms with E-state index in [1.165, 1.54) is 87.3 Å². The highest BCUT2D eigenvalue weighted by molar-refractivity contribution is 6.40. The van der Waals surface area contributed by atoms with E-state index in [9.17, 15) is 0 Å². The van der Waals surface area contributed by atoms with Gasteiger partial charge < -0.3 is 4.57 Å². The van der Waals surface area contributed by atoms with Gasteiger partial charge in [-0.15, -0.1) is 0 Å². The third-order valence-corrected chi connectivity index (χ3v) is 9.02. The Morgan fingerprint density at radius 2 is 0.667 bits per heavy atom. The van der Waals surface area contributed by atoms with E-state index < -0.39 is 0 Å². The van der Waals surface area contributed by atoms with E-state index in [4.69, 9.17) is 0 Å². The molecule has 0 N–H and O–H groups in total. The highest BCUT2D eigenvalue weighted by atomic mass is 15.0. The summed E-state index contributed by atoms with van der Waals surface area (Å²) >= 11 is 0. The lowest BCUT2D eigenvalue weighted by atomic mass is 9.93. The first-order valence-electron chi connectivity index (χ1n) is 14.6. The second-order valence-corrected chi connectivity index (χ2v) is 11.4. The molecule has 0 spiro atoms. The van der Waals surface area contributed by atoms with E-state index in [1.54, 1.807) is 0 Å². The fourth-order valence-electron chi connectivity index (χ4n) is 7.14. The van der Waals surface area contributed by atoms with E-state index in [-0.39, 0.29) is 0 Å². The Balaban J connectivity index is 1.53. The SMILES string of the molecule is Cc1ccc(-c2ccc(-n3c4c5ccccc5c5ccccc5c4c4c5ccccc5c5ccccc5c43)cc2)cc1. The molecule has 0 aliphatic rings. The minimum absolute atomic E-state index is 1.17. The summed E-state index contributed by atoms with van der Waals surface area (Å²) in [4.78, 5) is 0. The molecule has 0 saturated heterocycles. The van der Waals surface area contributed by atoms with Crippen LogP contribution in [0.3, 0.4) is 0 Å². The predicted molar refractivity (Wildman–Crippen MR) is 181 cm³/mol. The molecule has 0 radical (unpaired) electrons. The van der Waals surface area contributed by atoms with Crippen molar-refractivity contribution in [1.82, 2.24) is 4.57 Å². The Labute approximate surface area is 243 Å². The monoisotopic (exact) mass is 533 g/mol. The number of rotatable bonds is 2. The van der Waals surface area contributed by atoms with Crippen LogP contribution < -0.4 is 0 Å². The molecule has 42 heavy (non-hydrogen) atoms. The van der Waals surface area contributed by atoms with Crippen LogP contribution in [0.25, 0.3) is 81.7 Å². The molecule has 0 aliphatic carbocycles. The molecule has 0 saturated carbocycles. The Hall–Kier alpha value is -5.40. The number of nitrogens with zero attached hydrogens (tertiary/aromatic N) is 1. The molecule has 0 fully saturated rings. The number of aryl methyl sites for hydroxylation is 1. The van der Waals surface area contributed by atoms with Gasteiger partial charge in [-0.3, -0.25) is 0 Å². The Morgan fingerprint density at radius 1 is 0.333 bits per heavy atom. The van der Waals surface area contributed by atoms with Crippen LogP contribution in [-0.2, 0) is 0 Å². The van der Waals surface area contributed by atoms with Gasteiger partial charge in [-0.25, -0.2) is 0 Å². The first-order chi connectivity index (χ1) is 20.8. The Kier molecular flexibility index (Phi) is 4.88. The van der Waals surface area contributed by atoms with Crippen molar-refractivity contribution in [3.63, 3.8) is 0 Å². The number of benzene rings is 8. The smallest absolute Gasteiger partial charge is 0.0626 e. The molecule has 1 nitrogen and oxygen atoms in total. The number of hydrogen-bond donors (Lipinski definition) is 0. The summed E-state index contributed by atoms with van der Waals surface area (Å²) in [5.41, 5.74) is 7.45. The largest absolute Gasteiger partial charge is 0.308 e. The lowest BCUT2D eigenvalue weighted by Gasteiger charge is -2.14. The maximum Gasteiger partial charge on any atom is 0.0626 e. The van der Waals surface area contributed by atoms with Crippen LogP contribution in [0.4, 0.5) is 0 Å². The Morgan fingerprint density at radius 3 is 1.10 bits per heavy atom. The molecule has 0 unspecified atom stereocenters. The second kappa shape index (κ2) is 8.80. The normalized spacial score (nSPS) is 11.9. The van der Waals surface area contributed by atoms with Crippen molar-refractivity contribution in [3.05, 3.63) is 151 Å². The maximum absolute atomic E-state index is 2.53. The summed E-state index contributed by atoms with van der Waals surface area (Å²) in [6, 6.07) is 53.6. The molecular weight excluding hydrogens is 506 g/mol. The number of hydrogen-bond acceptors (Lipinski definition) is 0. The van der Waals surface area contributed by atoms with Gasteiger partial charge in [0.1, 0.15) is 0 Å². The zero-order chi connectivity index (χ0) is 27.8. The van der Waals surface area contributed by atoms with E-state index >= 15 is 0 Å². The fraction of sp³-hybridized carbons (Fsp3) is 0.0244. The van der Waals surface area contributed by atoms with Gasteiger partial charge in [0.05, 0.1) is 11.0 Å². The fourth-order valence-corrected chi connectivity index (χ4v) is 7.14. The highest BCUT2D eigenvalue weighted by Gasteiger charge is 2.22. The number of fused-ring (bicyclic) bond motifs is 13. The maximum atomic E-state index is 2.53. The molecule has 1 aromatic heterocycles. The van der Waals surface area contributed by atoms with Crippen LogP contribution in [0.15, 0.2) is 146 Å². The minimum atomic E-state index is 1.17. The molecule has 0 aliphatic heterocycles. The molecule has 9 rings (SSSR count). The molecule has 0 amide bonds. The van der Waals surface area contributed by atoms with Crippen molar-refractivity contribution in [2.45, 2.75) is 6.92 Å². The lowest BCUT2D eigenvalue weighted by molar-refractivity contribution is 1.19. The third-order valence-electron chi connectivity index (χ3n) is 9.02. The molecular formula is C41H27N. The van der Waals surface area contributed by atoms with Gasteiger partial charge in [0, 0.05) is 27.2 Å². The topological polar surface area (TPSA) is 4.93 Å². The summed E-state index contributed by atoms with van der Waals surface area (Å²) in [5.74, 6) is 0. The molecule has 0 bridgehead atoms. The third kappa shape index (κ3) is 3.19. The first kappa shape index (κ1) is 23.3. The van der Waals surface area contributed by atoms with Crippen LogP contribution >= 0.6 is 0 Å². The van der Waals surface area contributed by atoms with Crippen molar-refractivity contribution in [3.8, 4) is 16.8 Å². The van der Waals surface area contributed by atoms with Gasteiger partial charge in [-0.2, -0.15) is 0 Å². The van der Waals surface area contributed by atoms with Crippen molar-refractivity contribution in [2.75, 3.05) is 0 Å². The minimum Gasteiger partial charge on any atom is -0.308 e. The molecule has 0 atom stereocenters. The van der Waals surface area contributed by atoms with Crippen molar-refractivity contribution >= 4 is 64.9 Å². The van der Waals surface area contributed by atoms with Gasteiger partial charge in [0.2, 0.25) is 0 Å². The molecule has 1 heterocycles. The summed E-state index contributed by atoms with van der Waals surface area (Å²) in [6.45, 7) is 2.14. The van der Waals surface area contributed by atoms with Gasteiger partial charge in [-0.05, 0) is 62.5 Å². The van der Waals surface area contributed by atoms with Crippen molar-refractivity contribution in [1.29, 1.82) is 0 Å². The van der Waals surface area contributed by atoms with Crippen LogP contribution in [0.5, 0.6) is 0 Å². The molecule has 1 heteroatoms. The van der Waals surface area contributed by atoms with Crippen LogP contribution in [0.1, 0.15) is 5.56 Å². The summed E-state index contributed by atoms with van der Waals surface area (Å²) in [7, 11) is 0. The zero-order valence-corrected chi connectivity index (χ0v) is 23.3. The summed E-state index contributed by atoms with van der Waals surface area (Å²) in [6.07, 6.45) is 0. The lowest BCUT2D eigenvalue weighted by Crippen LogP contribution is -1.96. The molecule has 9 aromatic rings. The highest BCUT2D eigenvalue weighted by Crippen LogP contribution is 2.47. The van der Waals surface area contributed by atoms with Gasteiger partial charge >= 0.3 is 0 Å². The van der Waals surface area contributed by atoms with E-state index in [0.29, 0.717) is 0 Å². The van der Waals surface area contributed by atoms with Crippen molar-refractivity contribution in [2.24, 2.45) is 0 Å². The standard InChI is InChI=1S/C41H27N/c1-26-18-20-27(21-19-26)28-22-24-29(25-23-28)42-40-36-16-8-4-12-32(36)30-10-2-6-14-34(30)38(40)39-35-15-7-3-11-31(35)33-13-5-9-17-37(33)41(39)42/h2-25H,1H3. The first-order valence-corrected chi connectivity index (χ1v) is 14.6. The summed E-state index contributed by atoms with van der Waals surface area (Å²) in [5, 5.41) is 13.0. The Bertz CT molecular complexity index is 2360. The average Bonchev–Trinajstić information content (AvgIpc) is 3.43. The van der Waals surface area contributed by atoms with E-state index in [0.717, 1.165) is 0 Å². The molecule has 8 aromatic carbocycles.